The van der Waals surface area contributed by atoms with Gasteiger partial charge < -0.3 is 9.30 Å². The maximum atomic E-state index is 11.3. The van der Waals surface area contributed by atoms with Gasteiger partial charge in [0.1, 0.15) is 12.4 Å². The third-order valence-corrected chi connectivity index (χ3v) is 4.79. The molecule has 0 saturated heterocycles. The van der Waals surface area contributed by atoms with E-state index in [4.69, 9.17) is 16.3 Å². The van der Waals surface area contributed by atoms with Crippen LogP contribution in [0.4, 0.5) is 0 Å². The fraction of sp³-hybridized carbons (Fsp3) is 0.0870. The summed E-state index contributed by atoms with van der Waals surface area (Å²) in [6, 6.07) is 23.6. The molecular formula is C23H18ClNO2. The van der Waals surface area contributed by atoms with Crippen molar-refractivity contribution in [2.24, 2.45) is 0 Å². The summed E-state index contributed by atoms with van der Waals surface area (Å²) in [5.41, 5.74) is 3.99. The van der Waals surface area contributed by atoms with Crippen LogP contribution in [0.1, 0.15) is 21.5 Å². The summed E-state index contributed by atoms with van der Waals surface area (Å²) in [5, 5.41) is 1.70. The molecule has 0 saturated carbocycles. The van der Waals surface area contributed by atoms with Crippen LogP contribution in [0.15, 0.2) is 79.0 Å². The van der Waals surface area contributed by atoms with E-state index < -0.39 is 0 Å². The number of halogens is 1. The van der Waals surface area contributed by atoms with Crippen LogP contribution in [-0.4, -0.2) is 10.9 Å². The quantitative estimate of drug-likeness (QED) is 0.403. The normalized spacial score (nSPS) is 10.9. The van der Waals surface area contributed by atoms with Crippen LogP contribution in [0.2, 0.25) is 5.02 Å². The average Bonchev–Trinajstić information content (AvgIpc) is 3.06. The van der Waals surface area contributed by atoms with Gasteiger partial charge in [0, 0.05) is 34.2 Å². The fourth-order valence-electron chi connectivity index (χ4n) is 3.13. The number of aldehydes is 1. The molecule has 1 aromatic heterocycles. The molecule has 0 N–H and O–H groups in total. The van der Waals surface area contributed by atoms with Gasteiger partial charge in [-0.1, -0.05) is 54.1 Å². The summed E-state index contributed by atoms with van der Waals surface area (Å²) in [4.78, 5) is 11.3. The lowest BCUT2D eigenvalue weighted by atomic mass is 10.2. The fourth-order valence-corrected chi connectivity index (χ4v) is 3.26. The van der Waals surface area contributed by atoms with Gasteiger partial charge >= 0.3 is 0 Å². The molecule has 0 aliphatic rings. The number of benzene rings is 3. The predicted molar refractivity (Wildman–Crippen MR) is 109 cm³/mol. The largest absolute Gasteiger partial charge is 0.489 e. The minimum atomic E-state index is 0.501. The number of carbonyl (C=O) groups excluding carboxylic acids is 1. The molecule has 3 nitrogen and oxygen atoms in total. The van der Waals surface area contributed by atoms with Crippen molar-refractivity contribution in [3.05, 3.63) is 101 Å². The van der Waals surface area contributed by atoms with E-state index >= 15 is 0 Å². The number of carbonyl (C=O) groups is 1. The number of hydrogen-bond acceptors (Lipinski definition) is 2. The predicted octanol–water partition coefficient (Wildman–Crippen LogP) is 5.73. The van der Waals surface area contributed by atoms with Crippen molar-refractivity contribution in [2.45, 2.75) is 13.2 Å². The molecule has 1 heterocycles. The molecule has 3 aromatic carbocycles. The molecule has 4 heteroatoms. The molecule has 0 aliphatic carbocycles. The Morgan fingerprint density at radius 3 is 2.33 bits per heavy atom. The number of aromatic nitrogens is 1. The van der Waals surface area contributed by atoms with Crippen LogP contribution < -0.4 is 4.74 Å². The molecule has 4 rings (SSSR count). The first kappa shape index (κ1) is 17.4. The number of ether oxygens (including phenoxy) is 1. The highest BCUT2D eigenvalue weighted by Gasteiger charge is 2.07. The highest BCUT2D eigenvalue weighted by atomic mass is 35.5. The van der Waals surface area contributed by atoms with E-state index in [1.807, 2.05) is 79.0 Å². The summed E-state index contributed by atoms with van der Waals surface area (Å²) in [6.45, 7) is 1.20. The molecule has 0 atom stereocenters. The minimum absolute atomic E-state index is 0.501. The van der Waals surface area contributed by atoms with Crippen LogP contribution in [-0.2, 0) is 13.2 Å². The summed E-state index contributed by atoms with van der Waals surface area (Å²) >= 11 is 5.90. The molecule has 0 unspecified atom stereocenters. The Bertz CT molecular complexity index is 1070. The van der Waals surface area contributed by atoms with Gasteiger partial charge in [-0.3, -0.25) is 4.79 Å². The summed E-state index contributed by atoms with van der Waals surface area (Å²) in [6.07, 6.45) is 2.81. The maximum absolute atomic E-state index is 11.3. The van der Waals surface area contributed by atoms with E-state index in [-0.39, 0.29) is 0 Å². The topological polar surface area (TPSA) is 31.2 Å². The Hall–Kier alpha value is -3.04. The first-order valence-electron chi connectivity index (χ1n) is 8.72. The van der Waals surface area contributed by atoms with Crippen molar-refractivity contribution < 1.29 is 9.53 Å². The monoisotopic (exact) mass is 375 g/mol. The lowest BCUT2D eigenvalue weighted by Gasteiger charge is -2.09. The Morgan fingerprint density at radius 1 is 0.889 bits per heavy atom. The number of rotatable bonds is 6. The number of hydrogen-bond donors (Lipinski definition) is 0. The van der Waals surface area contributed by atoms with Gasteiger partial charge in [0.2, 0.25) is 0 Å². The zero-order chi connectivity index (χ0) is 18.6. The summed E-state index contributed by atoms with van der Waals surface area (Å²) < 4.78 is 7.93. The molecule has 0 radical (unpaired) electrons. The van der Waals surface area contributed by atoms with Crippen molar-refractivity contribution in [3.63, 3.8) is 0 Å². The van der Waals surface area contributed by atoms with E-state index in [2.05, 4.69) is 4.57 Å². The molecule has 4 aromatic rings. The molecule has 0 aliphatic heterocycles. The molecular weight excluding hydrogens is 358 g/mol. The van der Waals surface area contributed by atoms with Crippen molar-refractivity contribution in [1.29, 1.82) is 0 Å². The number of fused-ring (bicyclic) bond motifs is 1. The van der Waals surface area contributed by atoms with Crippen molar-refractivity contribution in [1.82, 2.24) is 4.57 Å². The third kappa shape index (κ3) is 3.88. The average molecular weight is 376 g/mol. The Balaban J connectivity index is 1.46. The van der Waals surface area contributed by atoms with Crippen LogP contribution in [0, 0.1) is 0 Å². The lowest BCUT2D eigenvalue weighted by molar-refractivity contribution is 0.112. The van der Waals surface area contributed by atoms with Gasteiger partial charge in [0.05, 0.1) is 0 Å². The standard InChI is InChI=1S/C23H18ClNO2/c24-20-9-5-18(6-10-20)16-27-21-11-7-17(8-12-21)13-25-14-19(15-26)22-3-1-2-4-23(22)25/h1-12,14-15H,13,16H2. The van der Waals surface area contributed by atoms with Gasteiger partial charge in [0.25, 0.3) is 0 Å². The zero-order valence-electron chi connectivity index (χ0n) is 14.6. The van der Waals surface area contributed by atoms with E-state index in [1.165, 1.54) is 0 Å². The Kier molecular flexibility index (Phi) is 4.95. The Labute approximate surface area is 162 Å². The second-order valence-electron chi connectivity index (χ2n) is 6.41. The Morgan fingerprint density at radius 2 is 1.59 bits per heavy atom. The number of nitrogens with zero attached hydrogens (tertiary/aromatic N) is 1. The van der Waals surface area contributed by atoms with Gasteiger partial charge in [0.15, 0.2) is 6.29 Å². The molecule has 27 heavy (non-hydrogen) atoms. The van der Waals surface area contributed by atoms with E-state index in [0.717, 1.165) is 39.1 Å². The van der Waals surface area contributed by atoms with Crippen molar-refractivity contribution in [2.75, 3.05) is 0 Å². The SMILES string of the molecule is O=Cc1cn(Cc2ccc(OCc3ccc(Cl)cc3)cc2)c2ccccc12. The van der Waals surface area contributed by atoms with E-state index in [1.54, 1.807) is 0 Å². The first-order valence-corrected chi connectivity index (χ1v) is 9.10. The molecule has 0 amide bonds. The minimum Gasteiger partial charge on any atom is -0.489 e. The lowest BCUT2D eigenvalue weighted by Crippen LogP contribution is -1.99. The number of para-hydroxylation sites is 1. The van der Waals surface area contributed by atoms with Crippen LogP contribution >= 0.6 is 11.6 Å². The van der Waals surface area contributed by atoms with E-state index in [0.29, 0.717) is 18.7 Å². The highest BCUT2D eigenvalue weighted by Crippen LogP contribution is 2.22. The van der Waals surface area contributed by atoms with E-state index in [9.17, 15) is 4.79 Å². The van der Waals surface area contributed by atoms with Crippen LogP contribution in [0.5, 0.6) is 5.75 Å². The second-order valence-corrected chi connectivity index (χ2v) is 6.84. The van der Waals surface area contributed by atoms with Crippen molar-refractivity contribution >= 4 is 28.8 Å². The molecule has 134 valence electrons. The summed E-state index contributed by atoms with van der Waals surface area (Å²) in [7, 11) is 0. The van der Waals surface area contributed by atoms with Gasteiger partial charge in [-0.15, -0.1) is 0 Å². The van der Waals surface area contributed by atoms with Crippen LogP contribution in [0.25, 0.3) is 10.9 Å². The molecule has 0 bridgehead atoms. The van der Waals surface area contributed by atoms with Gasteiger partial charge in [-0.2, -0.15) is 0 Å². The smallest absolute Gasteiger partial charge is 0.152 e. The zero-order valence-corrected chi connectivity index (χ0v) is 15.4. The first-order chi connectivity index (χ1) is 13.2. The maximum Gasteiger partial charge on any atom is 0.152 e. The third-order valence-electron chi connectivity index (χ3n) is 4.54. The van der Waals surface area contributed by atoms with Crippen molar-refractivity contribution in [3.8, 4) is 5.75 Å². The van der Waals surface area contributed by atoms with Gasteiger partial charge in [-0.25, -0.2) is 0 Å². The van der Waals surface area contributed by atoms with Crippen LogP contribution in [0.3, 0.4) is 0 Å². The van der Waals surface area contributed by atoms with Gasteiger partial charge in [-0.05, 0) is 41.5 Å². The second kappa shape index (κ2) is 7.68. The molecule has 0 fully saturated rings. The highest BCUT2D eigenvalue weighted by molar-refractivity contribution is 6.30. The molecule has 0 spiro atoms. The summed E-state index contributed by atoms with van der Waals surface area (Å²) in [5.74, 6) is 0.819.